The standard InChI is InChI=1S/C14H31N3O3.HI/c1-4-15-14(16-8-6-7-10-19-5-2)17-9-11-20-13-12-18-3;/h4-13H2,1-3H3,(H2,15,16,17);1H. The molecule has 0 saturated heterocycles. The second kappa shape index (κ2) is 19.9. The summed E-state index contributed by atoms with van der Waals surface area (Å²) in [5.74, 6) is 0.847. The van der Waals surface area contributed by atoms with Gasteiger partial charge in [-0.05, 0) is 26.7 Å². The second-order valence-electron chi connectivity index (χ2n) is 4.20. The van der Waals surface area contributed by atoms with E-state index in [4.69, 9.17) is 14.2 Å². The number of aliphatic imine (C=N–C) groups is 1. The van der Waals surface area contributed by atoms with Gasteiger partial charge in [-0.1, -0.05) is 0 Å². The quantitative estimate of drug-likeness (QED) is 0.207. The number of ether oxygens (including phenoxy) is 3. The van der Waals surface area contributed by atoms with Crippen LogP contribution in [0.25, 0.3) is 0 Å². The molecular weight excluding hydrogens is 385 g/mol. The number of hydrogen-bond acceptors (Lipinski definition) is 4. The summed E-state index contributed by atoms with van der Waals surface area (Å²) in [6.07, 6.45) is 2.10. The number of rotatable bonds is 13. The Balaban J connectivity index is 0. The summed E-state index contributed by atoms with van der Waals surface area (Å²) >= 11 is 0. The van der Waals surface area contributed by atoms with Crippen molar-refractivity contribution in [1.29, 1.82) is 0 Å². The summed E-state index contributed by atoms with van der Waals surface area (Å²) in [5.41, 5.74) is 0. The van der Waals surface area contributed by atoms with Crippen LogP contribution in [-0.2, 0) is 14.2 Å². The fraction of sp³-hybridized carbons (Fsp3) is 0.929. The Morgan fingerprint density at radius 2 is 1.76 bits per heavy atom. The highest BCUT2D eigenvalue weighted by molar-refractivity contribution is 14.0. The Kier molecular flexibility index (Phi) is 21.9. The lowest BCUT2D eigenvalue weighted by Gasteiger charge is -2.11. The highest BCUT2D eigenvalue weighted by Gasteiger charge is 1.96. The third-order valence-electron chi connectivity index (χ3n) is 2.49. The van der Waals surface area contributed by atoms with E-state index in [9.17, 15) is 0 Å². The van der Waals surface area contributed by atoms with Crippen LogP contribution in [0.15, 0.2) is 4.99 Å². The minimum atomic E-state index is 0. The Labute approximate surface area is 146 Å². The number of unbranched alkanes of at least 4 members (excludes halogenated alkanes) is 1. The lowest BCUT2D eigenvalue weighted by molar-refractivity contribution is 0.0733. The average molecular weight is 417 g/mol. The molecule has 7 heteroatoms. The molecule has 128 valence electrons. The molecule has 6 nitrogen and oxygen atoms in total. The van der Waals surface area contributed by atoms with Gasteiger partial charge >= 0.3 is 0 Å². The number of nitrogens with zero attached hydrogens (tertiary/aromatic N) is 1. The van der Waals surface area contributed by atoms with Gasteiger partial charge in [-0.25, -0.2) is 0 Å². The van der Waals surface area contributed by atoms with E-state index in [-0.39, 0.29) is 24.0 Å². The summed E-state index contributed by atoms with van der Waals surface area (Å²) in [6.45, 7) is 10.0. The fourth-order valence-corrected chi connectivity index (χ4v) is 1.48. The molecular formula is C14H32IN3O3. The van der Waals surface area contributed by atoms with E-state index < -0.39 is 0 Å². The first-order valence-corrected chi connectivity index (χ1v) is 7.51. The molecule has 0 aromatic rings. The molecule has 0 aliphatic heterocycles. The van der Waals surface area contributed by atoms with E-state index in [0.717, 1.165) is 51.6 Å². The van der Waals surface area contributed by atoms with Crippen molar-refractivity contribution in [2.75, 3.05) is 59.8 Å². The fourth-order valence-electron chi connectivity index (χ4n) is 1.48. The normalized spacial score (nSPS) is 11.1. The van der Waals surface area contributed by atoms with Crippen LogP contribution < -0.4 is 10.6 Å². The predicted molar refractivity (Wildman–Crippen MR) is 97.8 cm³/mol. The van der Waals surface area contributed by atoms with Crippen molar-refractivity contribution >= 4 is 29.9 Å². The maximum atomic E-state index is 5.39. The first-order chi connectivity index (χ1) is 9.85. The van der Waals surface area contributed by atoms with Gasteiger partial charge in [-0.3, -0.25) is 4.99 Å². The van der Waals surface area contributed by atoms with E-state index in [1.165, 1.54) is 0 Å². The number of hydrogen-bond donors (Lipinski definition) is 2. The molecule has 0 amide bonds. The van der Waals surface area contributed by atoms with Gasteiger partial charge in [-0.2, -0.15) is 0 Å². The van der Waals surface area contributed by atoms with Gasteiger partial charge in [0.05, 0.1) is 19.8 Å². The zero-order chi connectivity index (χ0) is 14.9. The molecule has 0 rings (SSSR count). The molecule has 0 atom stereocenters. The lowest BCUT2D eigenvalue weighted by Crippen LogP contribution is -2.39. The molecule has 0 spiro atoms. The minimum Gasteiger partial charge on any atom is -0.382 e. The largest absolute Gasteiger partial charge is 0.382 e. The number of halogens is 1. The first-order valence-electron chi connectivity index (χ1n) is 7.51. The molecule has 0 fully saturated rings. The molecule has 0 aromatic heterocycles. The van der Waals surface area contributed by atoms with Crippen molar-refractivity contribution in [1.82, 2.24) is 10.6 Å². The van der Waals surface area contributed by atoms with Crippen molar-refractivity contribution in [3.63, 3.8) is 0 Å². The van der Waals surface area contributed by atoms with Crippen molar-refractivity contribution < 1.29 is 14.2 Å². The maximum absolute atomic E-state index is 5.39. The number of nitrogens with one attached hydrogen (secondary N) is 2. The number of methoxy groups -OCH3 is 1. The maximum Gasteiger partial charge on any atom is 0.191 e. The lowest BCUT2D eigenvalue weighted by atomic mass is 10.3. The third kappa shape index (κ3) is 17.8. The van der Waals surface area contributed by atoms with Crippen LogP contribution in [-0.4, -0.2) is 65.7 Å². The Morgan fingerprint density at radius 3 is 2.43 bits per heavy atom. The van der Waals surface area contributed by atoms with Crippen LogP contribution in [0.1, 0.15) is 26.7 Å². The highest BCUT2D eigenvalue weighted by atomic mass is 127. The minimum absolute atomic E-state index is 0. The van der Waals surface area contributed by atoms with Gasteiger partial charge in [0, 0.05) is 40.0 Å². The molecule has 21 heavy (non-hydrogen) atoms. The highest BCUT2D eigenvalue weighted by Crippen LogP contribution is 1.91. The van der Waals surface area contributed by atoms with Crippen LogP contribution >= 0.6 is 24.0 Å². The van der Waals surface area contributed by atoms with Crippen molar-refractivity contribution in [2.24, 2.45) is 4.99 Å². The molecule has 0 radical (unpaired) electrons. The van der Waals surface area contributed by atoms with Crippen LogP contribution in [0, 0.1) is 0 Å². The third-order valence-corrected chi connectivity index (χ3v) is 2.49. The summed E-state index contributed by atoms with van der Waals surface area (Å²) in [6, 6.07) is 0. The van der Waals surface area contributed by atoms with E-state index >= 15 is 0 Å². The first kappa shape index (κ1) is 23.2. The van der Waals surface area contributed by atoms with Crippen LogP contribution in [0.3, 0.4) is 0 Å². The Morgan fingerprint density at radius 1 is 0.952 bits per heavy atom. The van der Waals surface area contributed by atoms with Crippen LogP contribution in [0.5, 0.6) is 0 Å². The van der Waals surface area contributed by atoms with Gasteiger partial charge in [-0.15, -0.1) is 24.0 Å². The molecule has 0 aliphatic rings. The van der Waals surface area contributed by atoms with Gasteiger partial charge in [0.2, 0.25) is 0 Å². The smallest absolute Gasteiger partial charge is 0.191 e. The Bertz CT molecular complexity index is 232. The number of guanidine groups is 1. The molecule has 0 aliphatic carbocycles. The molecule has 2 N–H and O–H groups in total. The van der Waals surface area contributed by atoms with Crippen molar-refractivity contribution in [3.05, 3.63) is 0 Å². The topological polar surface area (TPSA) is 64.1 Å². The van der Waals surface area contributed by atoms with E-state index in [2.05, 4.69) is 22.5 Å². The van der Waals surface area contributed by atoms with E-state index in [1.807, 2.05) is 6.92 Å². The van der Waals surface area contributed by atoms with E-state index in [0.29, 0.717) is 19.8 Å². The molecule has 0 unspecified atom stereocenters. The zero-order valence-electron chi connectivity index (χ0n) is 13.7. The zero-order valence-corrected chi connectivity index (χ0v) is 16.0. The monoisotopic (exact) mass is 417 g/mol. The SMILES string of the molecule is CCNC(=NCCCCOCC)NCCOCCOC.I. The van der Waals surface area contributed by atoms with Gasteiger partial charge < -0.3 is 24.8 Å². The summed E-state index contributed by atoms with van der Waals surface area (Å²) in [7, 11) is 1.67. The average Bonchev–Trinajstić information content (AvgIpc) is 2.46. The van der Waals surface area contributed by atoms with Gasteiger partial charge in [0.15, 0.2) is 5.96 Å². The second-order valence-corrected chi connectivity index (χ2v) is 4.20. The van der Waals surface area contributed by atoms with Crippen molar-refractivity contribution in [2.45, 2.75) is 26.7 Å². The molecule has 0 saturated carbocycles. The van der Waals surface area contributed by atoms with Crippen molar-refractivity contribution in [3.8, 4) is 0 Å². The van der Waals surface area contributed by atoms with Gasteiger partial charge in [0.25, 0.3) is 0 Å². The summed E-state index contributed by atoms with van der Waals surface area (Å²) in [5, 5.41) is 6.46. The van der Waals surface area contributed by atoms with Crippen LogP contribution in [0.4, 0.5) is 0 Å². The van der Waals surface area contributed by atoms with E-state index in [1.54, 1.807) is 7.11 Å². The van der Waals surface area contributed by atoms with Crippen LogP contribution in [0.2, 0.25) is 0 Å². The molecule has 0 aromatic carbocycles. The summed E-state index contributed by atoms with van der Waals surface area (Å²) < 4.78 is 15.6. The predicted octanol–water partition coefficient (Wildman–Crippen LogP) is 1.64. The molecule has 0 heterocycles. The van der Waals surface area contributed by atoms with Gasteiger partial charge in [0.1, 0.15) is 0 Å². The Hall–Kier alpha value is -0.120. The molecule has 0 bridgehead atoms. The summed E-state index contributed by atoms with van der Waals surface area (Å²) in [4.78, 5) is 4.50.